The molecule has 1 fully saturated rings. The van der Waals surface area contributed by atoms with Gasteiger partial charge < -0.3 is 0 Å². The second kappa shape index (κ2) is 5.80. The molecule has 5 heteroatoms. The van der Waals surface area contributed by atoms with Crippen LogP contribution in [-0.4, -0.2) is 30.3 Å². The lowest BCUT2D eigenvalue weighted by Crippen LogP contribution is -2.41. The van der Waals surface area contributed by atoms with E-state index in [4.69, 9.17) is 0 Å². The molecule has 0 aliphatic heterocycles. The summed E-state index contributed by atoms with van der Waals surface area (Å²) in [5.74, 6) is 0. The molecule has 0 radical (unpaired) electrons. The second-order valence-electron chi connectivity index (χ2n) is 4.69. The highest BCUT2D eigenvalue weighted by molar-refractivity contribution is 7.89. The number of rotatable bonds is 4. The summed E-state index contributed by atoms with van der Waals surface area (Å²) in [6.45, 7) is 2.43. The molecule has 1 aliphatic carbocycles. The molecule has 0 atom stereocenters. The van der Waals surface area contributed by atoms with Crippen molar-refractivity contribution in [2.45, 2.75) is 50.0 Å². The Bertz CT molecular complexity index is 467. The smallest absolute Gasteiger partial charge is 0.244 e. The van der Waals surface area contributed by atoms with E-state index >= 15 is 0 Å². The molecular formula is C13H20N2O2S. The minimum Gasteiger partial charge on any atom is -0.263 e. The number of hydrogen-bond acceptors (Lipinski definition) is 3. The fraction of sp³-hybridized carbons (Fsp3) is 0.615. The predicted octanol–water partition coefficient (Wildman–Crippen LogP) is 2.42. The molecular weight excluding hydrogens is 248 g/mol. The van der Waals surface area contributed by atoms with Crippen LogP contribution in [0.5, 0.6) is 0 Å². The van der Waals surface area contributed by atoms with Gasteiger partial charge in [0.15, 0.2) is 0 Å². The molecule has 1 aliphatic rings. The summed E-state index contributed by atoms with van der Waals surface area (Å²) in [7, 11) is -3.38. The summed E-state index contributed by atoms with van der Waals surface area (Å²) >= 11 is 0. The van der Waals surface area contributed by atoms with Crippen LogP contribution in [0.15, 0.2) is 29.4 Å². The number of pyridine rings is 1. The molecule has 1 aromatic heterocycles. The monoisotopic (exact) mass is 268 g/mol. The average Bonchev–Trinajstić information content (AvgIpc) is 2.41. The summed E-state index contributed by atoms with van der Waals surface area (Å²) in [6, 6.07) is 3.45. The highest BCUT2D eigenvalue weighted by Gasteiger charge is 2.30. The highest BCUT2D eigenvalue weighted by atomic mass is 32.2. The van der Waals surface area contributed by atoms with E-state index in [0.29, 0.717) is 11.4 Å². The first-order chi connectivity index (χ1) is 8.66. The van der Waals surface area contributed by atoms with Gasteiger partial charge in [-0.3, -0.25) is 4.98 Å². The number of aromatic nitrogens is 1. The Balaban J connectivity index is 2.26. The molecule has 18 heavy (non-hydrogen) atoms. The van der Waals surface area contributed by atoms with Crippen LogP contribution in [0.3, 0.4) is 0 Å². The molecule has 0 unspecified atom stereocenters. The largest absolute Gasteiger partial charge is 0.263 e. The van der Waals surface area contributed by atoms with Crippen LogP contribution in [0.4, 0.5) is 0 Å². The first kappa shape index (κ1) is 13.5. The third-order valence-corrected chi connectivity index (χ3v) is 5.55. The average molecular weight is 268 g/mol. The molecule has 1 saturated carbocycles. The van der Waals surface area contributed by atoms with Crippen LogP contribution >= 0.6 is 0 Å². The second-order valence-corrected chi connectivity index (χ2v) is 6.58. The van der Waals surface area contributed by atoms with Gasteiger partial charge >= 0.3 is 0 Å². The van der Waals surface area contributed by atoms with Gasteiger partial charge in [0.2, 0.25) is 10.0 Å². The molecule has 1 aromatic rings. The van der Waals surface area contributed by atoms with Crippen molar-refractivity contribution in [2.75, 3.05) is 6.54 Å². The lowest BCUT2D eigenvalue weighted by molar-refractivity contribution is 0.261. The van der Waals surface area contributed by atoms with Crippen LogP contribution < -0.4 is 0 Å². The summed E-state index contributed by atoms with van der Waals surface area (Å²) < 4.78 is 26.7. The van der Waals surface area contributed by atoms with Crippen LogP contribution in [0.25, 0.3) is 0 Å². The predicted molar refractivity (Wildman–Crippen MR) is 70.7 cm³/mol. The van der Waals surface area contributed by atoms with Gasteiger partial charge in [-0.25, -0.2) is 8.42 Å². The lowest BCUT2D eigenvalue weighted by atomic mass is 9.95. The highest BCUT2D eigenvalue weighted by Crippen LogP contribution is 2.27. The molecule has 1 heterocycles. The van der Waals surface area contributed by atoms with E-state index in [-0.39, 0.29) is 6.04 Å². The summed E-state index contributed by atoms with van der Waals surface area (Å²) in [4.78, 5) is 4.21. The number of hydrogen-bond donors (Lipinski definition) is 0. The first-order valence-electron chi connectivity index (χ1n) is 6.58. The van der Waals surface area contributed by atoms with E-state index in [0.717, 1.165) is 25.7 Å². The molecule has 0 aromatic carbocycles. The summed E-state index contributed by atoms with van der Waals surface area (Å²) in [5.41, 5.74) is 0. The van der Waals surface area contributed by atoms with E-state index in [9.17, 15) is 8.42 Å². The van der Waals surface area contributed by atoms with Crippen molar-refractivity contribution in [3.8, 4) is 0 Å². The molecule has 100 valence electrons. The summed E-state index contributed by atoms with van der Waals surface area (Å²) in [6.07, 6.45) is 8.46. The Kier molecular flexibility index (Phi) is 4.35. The molecule has 0 spiro atoms. The first-order valence-corrected chi connectivity index (χ1v) is 8.02. The fourth-order valence-electron chi connectivity index (χ4n) is 2.63. The molecule has 0 amide bonds. The van der Waals surface area contributed by atoms with Gasteiger partial charge in [-0.05, 0) is 25.0 Å². The van der Waals surface area contributed by atoms with Gasteiger partial charge in [-0.1, -0.05) is 26.2 Å². The van der Waals surface area contributed by atoms with Gasteiger partial charge in [0.25, 0.3) is 0 Å². The van der Waals surface area contributed by atoms with E-state index in [1.807, 2.05) is 6.92 Å². The molecule has 0 N–H and O–H groups in total. The van der Waals surface area contributed by atoms with Gasteiger partial charge in [-0.15, -0.1) is 0 Å². The van der Waals surface area contributed by atoms with Gasteiger partial charge in [0.1, 0.15) is 4.90 Å². The minimum absolute atomic E-state index is 0.161. The zero-order chi connectivity index (χ0) is 13.0. The van der Waals surface area contributed by atoms with E-state index in [1.165, 1.54) is 12.6 Å². The SMILES string of the molecule is CCN(C1CCCCC1)S(=O)(=O)c1cccnc1. The maximum atomic E-state index is 12.5. The molecule has 2 rings (SSSR count). The molecule has 0 bridgehead atoms. The Morgan fingerprint density at radius 1 is 1.33 bits per heavy atom. The van der Waals surface area contributed by atoms with Gasteiger partial charge in [-0.2, -0.15) is 4.31 Å². The standard InChI is InChI=1S/C13H20N2O2S/c1-2-15(12-7-4-3-5-8-12)18(16,17)13-9-6-10-14-11-13/h6,9-12H,2-5,7-8H2,1H3. The zero-order valence-electron chi connectivity index (χ0n) is 10.7. The third kappa shape index (κ3) is 2.72. The number of sulfonamides is 1. The third-order valence-electron chi connectivity index (χ3n) is 3.53. The fourth-order valence-corrected chi connectivity index (χ4v) is 4.29. The Morgan fingerprint density at radius 2 is 2.06 bits per heavy atom. The minimum atomic E-state index is -3.38. The van der Waals surface area contributed by atoms with Crippen molar-refractivity contribution < 1.29 is 8.42 Å². The van der Waals surface area contributed by atoms with Crippen molar-refractivity contribution >= 4 is 10.0 Å². The van der Waals surface area contributed by atoms with Crippen LogP contribution in [0.1, 0.15) is 39.0 Å². The van der Waals surface area contributed by atoms with Crippen LogP contribution in [-0.2, 0) is 10.0 Å². The van der Waals surface area contributed by atoms with E-state index in [2.05, 4.69) is 4.98 Å². The quantitative estimate of drug-likeness (QED) is 0.842. The van der Waals surface area contributed by atoms with E-state index < -0.39 is 10.0 Å². The van der Waals surface area contributed by atoms with E-state index in [1.54, 1.807) is 22.6 Å². The lowest BCUT2D eigenvalue weighted by Gasteiger charge is -2.32. The summed E-state index contributed by atoms with van der Waals surface area (Å²) in [5, 5.41) is 0. The van der Waals surface area contributed by atoms with Crippen molar-refractivity contribution in [2.24, 2.45) is 0 Å². The molecule has 0 saturated heterocycles. The Hall–Kier alpha value is -0.940. The van der Waals surface area contributed by atoms with Crippen LogP contribution in [0, 0.1) is 0 Å². The van der Waals surface area contributed by atoms with Crippen molar-refractivity contribution in [3.05, 3.63) is 24.5 Å². The Morgan fingerprint density at radius 3 is 2.61 bits per heavy atom. The van der Waals surface area contributed by atoms with Crippen molar-refractivity contribution in [1.82, 2.24) is 9.29 Å². The number of nitrogens with zero attached hydrogens (tertiary/aromatic N) is 2. The maximum absolute atomic E-state index is 12.5. The Labute approximate surface area is 109 Å². The maximum Gasteiger partial charge on any atom is 0.244 e. The topological polar surface area (TPSA) is 50.3 Å². The van der Waals surface area contributed by atoms with Gasteiger partial charge in [0.05, 0.1) is 0 Å². The van der Waals surface area contributed by atoms with Crippen molar-refractivity contribution in [1.29, 1.82) is 0 Å². The van der Waals surface area contributed by atoms with Crippen LogP contribution in [0.2, 0.25) is 0 Å². The normalized spacial score (nSPS) is 18.1. The molecule has 4 nitrogen and oxygen atoms in total. The van der Waals surface area contributed by atoms with Gasteiger partial charge in [0, 0.05) is 25.0 Å². The zero-order valence-corrected chi connectivity index (χ0v) is 11.6. The van der Waals surface area contributed by atoms with Crippen molar-refractivity contribution in [3.63, 3.8) is 0 Å².